The van der Waals surface area contributed by atoms with Gasteiger partial charge in [-0.15, -0.1) is 0 Å². The van der Waals surface area contributed by atoms with E-state index < -0.39 is 0 Å². The van der Waals surface area contributed by atoms with Crippen LogP contribution in [0.4, 0.5) is 11.6 Å². The Labute approximate surface area is 129 Å². The van der Waals surface area contributed by atoms with Crippen molar-refractivity contribution in [3.8, 4) is 11.1 Å². The highest BCUT2D eigenvalue weighted by molar-refractivity contribution is 6.33. The largest absolute Gasteiger partial charge is 0.384 e. The van der Waals surface area contributed by atoms with Crippen LogP contribution < -0.4 is 10.6 Å². The zero-order chi connectivity index (χ0) is 14.8. The normalized spacial score (nSPS) is 16.2. The summed E-state index contributed by atoms with van der Waals surface area (Å²) in [5, 5.41) is 0.582. The number of rotatable bonds is 2. The van der Waals surface area contributed by atoms with Crippen molar-refractivity contribution in [2.24, 2.45) is 0 Å². The first-order chi connectivity index (χ1) is 10.1. The lowest BCUT2D eigenvalue weighted by Gasteiger charge is -2.33. The second-order valence-corrected chi connectivity index (χ2v) is 5.69. The molecular weight excluding hydrogens is 286 g/mol. The molecule has 0 bridgehead atoms. The van der Waals surface area contributed by atoms with Crippen LogP contribution >= 0.6 is 11.6 Å². The Bertz CT molecular complexity index is 620. The molecule has 0 saturated carbocycles. The first-order valence-corrected chi connectivity index (χ1v) is 7.32. The van der Waals surface area contributed by atoms with Crippen LogP contribution in [0.3, 0.4) is 0 Å². The van der Waals surface area contributed by atoms with Crippen molar-refractivity contribution in [2.45, 2.75) is 0 Å². The predicted molar refractivity (Wildman–Crippen MR) is 86.6 cm³/mol. The highest BCUT2D eigenvalue weighted by atomic mass is 35.5. The SMILES string of the molecule is CN1CCN(c2ccc(-c3cc(N)ncc3Cl)cn2)CC1. The molecular formula is C15H18ClN5. The number of hydrogen-bond donors (Lipinski definition) is 1. The molecule has 1 aliphatic heterocycles. The fourth-order valence-corrected chi connectivity index (χ4v) is 2.66. The minimum absolute atomic E-state index is 0.456. The van der Waals surface area contributed by atoms with Crippen molar-refractivity contribution in [3.63, 3.8) is 0 Å². The molecule has 2 aromatic heterocycles. The van der Waals surface area contributed by atoms with Gasteiger partial charge < -0.3 is 15.5 Å². The first-order valence-electron chi connectivity index (χ1n) is 6.94. The average Bonchev–Trinajstić information content (AvgIpc) is 2.51. The predicted octanol–water partition coefficient (Wildman–Crippen LogP) is 2.13. The van der Waals surface area contributed by atoms with Crippen LogP contribution in [-0.4, -0.2) is 48.1 Å². The van der Waals surface area contributed by atoms with E-state index in [1.165, 1.54) is 0 Å². The van der Waals surface area contributed by atoms with E-state index in [4.69, 9.17) is 17.3 Å². The lowest BCUT2D eigenvalue weighted by Crippen LogP contribution is -2.44. The summed E-state index contributed by atoms with van der Waals surface area (Å²) in [7, 11) is 2.14. The maximum Gasteiger partial charge on any atom is 0.128 e. The topological polar surface area (TPSA) is 58.3 Å². The molecule has 3 heterocycles. The van der Waals surface area contributed by atoms with Gasteiger partial charge in [0, 0.05) is 49.7 Å². The van der Waals surface area contributed by atoms with E-state index in [9.17, 15) is 0 Å². The van der Waals surface area contributed by atoms with E-state index in [0.29, 0.717) is 10.8 Å². The molecule has 1 saturated heterocycles. The first kappa shape index (κ1) is 14.1. The molecule has 2 aromatic rings. The molecule has 1 aliphatic rings. The van der Waals surface area contributed by atoms with Gasteiger partial charge in [-0.25, -0.2) is 9.97 Å². The number of piperazine rings is 1. The summed E-state index contributed by atoms with van der Waals surface area (Å²) in [6.07, 6.45) is 3.41. The van der Waals surface area contributed by atoms with Gasteiger partial charge in [0.2, 0.25) is 0 Å². The number of halogens is 1. The minimum Gasteiger partial charge on any atom is -0.384 e. The van der Waals surface area contributed by atoms with Crippen LogP contribution in [0, 0.1) is 0 Å². The van der Waals surface area contributed by atoms with Crippen molar-refractivity contribution >= 4 is 23.2 Å². The third kappa shape index (κ3) is 3.09. The summed E-state index contributed by atoms with van der Waals surface area (Å²) in [4.78, 5) is 13.2. The zero-order valence-corrected chi connectivity index (χ0v) is 12.7. The summed E-state index contributed by atoms with van der Waals surface area (Å²) in [5.74, 6) is 1.46. The number of anilines is 2. The lowest BCUT2D eigenvalue weighted by atomic mass is 10.1. The molecule has 0 amide bonds. The van der Waals surface area contributed by atoms with E-state index in [1.54, 1.807) is 12.3 Å². The molecule has 0 spiro atoms. The van der Waals surface area contributed by atoms with Crippen molar-refractivity contribution in [3.05, 3.63) is 35.6 Å². The molecule has 6 heteroatoms. The number of nitrogen functional groups attached to an aromatic ring is 1. The van der Waals surface area contributed by atoms with Gasteiger partial charge in [-0.1, -0.05) is 11.6 Å². The maximum absolute atomic E-state index is 6.17. The number of pyridine rings is 2. The number of nitrogens with zero attached hydrogens (tertiary/aromatic N) is 4. The Morgan fingerprint density at radius 1 is 1.10 bits per heavy atom. The summed E-state index contributed by atoms with van der Waals surface area (Å²) >= 11 is 6.17. The Balaban J connectivity index is 1.82. The monoisotopic (exact) mass is 303 g/mol. The zero-order valence-electron chi connectivity index (χ0n) is 12.0. The summed E-state index contributed by atoms with van der Waals surface area (Å²) in [6.45, 7) is 4.14. The third-order valence-corrected chi connectivity index (χ3v) is 4.06. The molecule has 0 radical (unpaired) electrons. The second kappa shape index (κ2) is 5.87. The van der Waals surface area contributed by atoms with E-state index in [2.05, 4.69) is 26.8 Å². The number of hydrogen-bond acceptors (Lipinski definition) is 5. The molecule has 0 unspecified atom stereocenters. The van der Waals surface area contributed by atoms with Gasteiger partial charge in [0.15, 0.2) is 0 Å². The van der Waals surface area contributed by atoms with Crippen LogP contribution in [-0.2, 0) is 0 Å². The molecule has 0 aliphatic carbocycles. The van der Waals surface area contributed by atoms with Crippen LogP contribution in [0.2, 0.25) is 5.02 Å². The molecule has 2 N–H and O–H groups in total. The molecule has 21 heavy (non-hydrogen) atoms. The summed E-state index contributed by atoms with van der Waals surface area (Å²) in [5.41, 5.74) is 7.54. The minimum atomic E-state index is 0.456. The smallest absolute Gasteiger partial charge is 0.128 e. The van der Waals surface area contributed by atoms with Crippen LogP contribution in [0.5, 0.6) is 0 Å². The number of nitrogens with two attached hydrogens (primary N) is 1. The standard InChI is InChI=1S/C15H18ClN5/c1-20-4-6-21(7-5-20)15-3-2-11(9-19-15)12-8-14(17)18-10-13(12)16/h2-3,8-10H,4-7H2,1H3,(H2,17,18). The lowest BCUT2D eigenvalue weighted by molar-refractivity contribution is 0.312. The van der Waals surface area contributed by atoms with Gasteiger partial charge in [-0.05, 0) is 25.2 Å². The highest BCUT2D eigenvalue weighted by Crippen LogP contribution is 2.29. The molecule has 0 aromatic carbocycles. The van der Waals surface area contributed by atoms with Crippen molar-refractivity contribution in [1.82, 2.24) is 14.9 Å². The fraction of sp³-hybridized carbons (Fsp3) is 0.333. The van der Waals surface area contributed by atoms with Crippen LogP contribution in [0.25, 0.3) is 11.1 Å². The Morgan fingerprint density at radius 3 is 2.52 bits per heavy atom. The summed E-state index contributed by atoms with van der Waals surface area (Å²) < 4.78 is 0. The van der Waals surface area contributed by atoms with Crippen molar-refractivity contribution in [2.75, 3.05) is 43.9 Å². The Kier molecular flexibility index (Phi) is 3.94. The van der Waals surface area contributed by atoms with Gasteiger partial charge in [-0.3, -0.25) is 0 Å². The molecule has 0 atom stereocenters. The molecule has 3 rings (SSSR count). The van der Waals surface area contributed by atoms with E-state index in [0.717, 1.165) is 43.1 Å². The van der Waals surface area contributed by atoms with E-state index in [1.807, 2.05) is 18.3 Å². The van der Waals surface area contributed by atoms with Crippen LogP contribution in [0.1, 0.15) is 0 Å². The van der Waals surface area contributed by atoms with Crippen molar-refractivity contribution in [1.29, 1.82) is 0 Å². The van der Waals surface area contributed by atoms with E-state index in [-0.39, 0.29) is 0 Å². The number of likely N-dealkylation sites (N-methyl/N-ethyl adjacent to an activating group) is 1. The Morgan fingerprint density at radius 2 is 1.86 bits per heavy atom. The van der Waals surface area contributed by atoms with Gasteiger partial charge in [-0.2, -0.15) is 0 Å². The Hall–Kier alpha value is -1.85. The molecule has 1 fully saturated rings. The van der Waals surface area contributed by atoms with Gasteiger partial charge >= 0.3 is 0 Å². The van der Waals surface area contributed by atoms with Crippen molar-refractivity contribution < 1.29 is 0 Å². The molecule has 5 nitrogen and oxygen atoms in total. The quantitative estimate of drug-likeness (QED) is 0.921. The highest BCUT2D eigenvalue weighted by Gasteiger charge is 2.15. The van der Waals surface area contributed by atoms with Gasteiger partial charge in [0.05, 0.1) is 5.02 Å². The maximum atomic E-state index is 6.17. The summed E-state index contributed by atoms with van der Waals surface area (Å²) in [6, 6.07) is 5.84. The second-order valence-electron chi connectivity index (χ2n) is 5.28. The fourth-order valence-electron chi connectivity index (χ4n) is 2.44. The van der Waals surface area contributed by atoms with Gasteiger partial charge in [0.25, 0.3) is 0 Å². The van der Waals surface area contributed by atoms with E-state index >= 15 is 0 Å². The van der Waals surface area contributed by atoms with Crippen LogP contribution in [0.15, 0.2) is 30.6 Å². The number of aromatic nitrogens is 2. The third-order valence-electron chi connectivity index (χ3n) is 3.76. The molecule has 110 valence electrons. The van der Waals surface area contributed by atoms with Gasteiger partial charge in [0.1, 0.15) is 11.6 Å². The average molecular weight is 304 g/mol.